The fourth-order valence-electron chi connectivity index (χ4n) is 6.33. The monoisotopic (exact) mass is 465 g/mol. The van der Waals surface area contributed by atoms with Gasteiger partial charge in [0.1, 0.15) is 4.83 Å². The van der Waals surface area contributed by atoms with Gasteiger partial charge in [0.25, 0.3) is 0 Å². The summed E-state index contributed by atoms with van der Waals surface area (Å²) in [6, 6.07) is 2.75. The number of thiophene rings is 1. The van der Waals surface area contributed by atoms with Gasteiger partial charge >= 0.3 is 0 Å². The molecule has 0 aromatic carbocycles. The number of amides is 1. The number of H-pyrrole nitrogens is 1. The van der Waals surface area contributed by atoms with Crippen LogP contribution in [0.2, 0.25) is 0 Å². The van der Waals surface area contributed by atoms with Gasteiger partial charge < -0.3 is 15.6 Å². The van der Waals surface area contributed by atoms with Crippen molar-refractivity contribution in [2.24, 2.45) is 17.6 Å². The van der Waals surface area contributed by atoms with E-state index in [1.54, 1.807) is 11.3 Å². The minimum atomic E-state index is -0.503. The molecule has 3 heterocycles. The quantitative estimate of drug-likeness (QED) is 0.555. The lowest BCUT2D eigenvalue weighted by molar-refractivity contribution is -0.149. The van der Waals surface area contributed by atoms with E-state index in [0.29, 0.717) is 24.4 Å². The van der Waals surface area contributed by atoms with Crippen molar-refractivity contribution in [3.8, 4) is 0 Å². The summed E-state index contributed by atoms with van der Waals surface area (Å²) in [5.41, 5.74) is 10.8. The number of aromatic amines is 1. The zero-order chi connectivity index (χ0) is 23.3. The molecule has 4 nitrogen and oxygen atoms in total. The van der Waals surface area contributed by atoms with E-state index in [1.165, 1.54) is 64.7 Å². The SMILES string of the molecule is CC1=CC(c2[nH]c3sc(C(C)(C)C(=O)N4CC5CCCCCC54)cc3c2CCN)=CC(C)C1. The van der Waals surface area contributed by atoms with Crippen molar-refractivity contribution in [2.75, 3.05) is 13.1 Å². The van der Waals surface area contributed by atoms with Crippen LogP contribution in [0, 0.1) is 11.8 Å². The Kier molecular flexibility index (Phi) is 6.07. The van der Waals surface area contributed by atoms with Gasteiger partial charge in [-0.1, -0.05) is 43.9 Å². The first-order chi connectivity index (χ1) is 15.8. The molecule has 1 amide bonds. The Hall–Kier alpha value is -1.85. The molecule has 0 spiro atoms. The molecule has 2 aromatic rings. The highest BCUT2D eigenvalue weighted by atomic mass is 32.1. The maximum absolute atomic E-state index is 13.7. The van der Waals surface area contributed by atoms with Gasteiger partial charge in [-0.2, -0.15) is 0 Å². The van der Waals surface area contributed by atoms with Crippen molar-refractivity contribution in [1.29, 1.82) is 0 Å². The summed E-state index contributed by atoms with van der Waals surface area (Å²) < 4.78 is 0. The molecule has 5 heteroatoms. The van der Waals surface area contributed by atoms with Crippen LogP contribution >= 0.6 is 11.3 Å². The van der Waals surface area contributed by atoms with Crippen LogP contribution in [-0.4, -0.2) is 34.9 Å². The summed E-state index contributed by atoms with van der Waals surface area (Å²) in [5.74, 6) is 1.58. The maximum Gasteiger partial charge on any atom is 0.233 e. The molecule has 3 N–H and O–H groups in total. The number of fused-ring (bicyclic) bond motifs is 2. The highest BCUT2D eigenvalue weighted by molar-refractivity contribution is 7.19. The second kappa shape index (κ2) is 8.74. The van der Waals surface area contributed by atoms with Crippen LogP contribution in [-0.2, 0) is 16.6 Å². The van der Waals surface area contributed by atoms with Crippen LogP contribution in [0.5, 0.6) is 0 Å². The van der Waals surface area contributed by atoms with Crippen LogP contribution < -0.4 is 5.73 Å². The maximum atomic E-state index is 13.7. The predicted octanol–water partition coefficient (Wildman–Crippen LogP) is 6.17. The first-order valence-corrected chi connectivity index (χ1v) is 13.7. The Balaban J connectivity index is 1.46. The van der Waals surface area contributed by atoms with Crippen LogP contribution in [0.3, 0.4) is 0 Å². The second-order valence-corrected chi connectivity index (χ2v) is 12.3. The third-order valence-electron chi connectivity index (χ3n) is 8.15. The third-order valence-corrected chi connectivity index (χ3v) is 9.53. The molecule has 1 aliphatic heterocycles. The van der Waals surface area contributed by atoms with E-state index in [0.717, 1.165) is 30.2 Å². The number of carbonyl (C=O) groups excluding carboxylic acids is 1. The molecule has 33 heavy (non-hydrogen) atoms. The summed E-state index contributed by atoms with van der Waals surface area (Å²) in [4.78, 5) is 21.9. The van der Waals surface area contributed by atoms with Gasteiger partial charge in [-0.15, -0.1) is 11.3 Å². The lowest BCUT2D eigenvalue weighted by Gasteiger charge is -2.50. The molecular weight excluding hydrogens is 426 g/mol. The molecule has 1 saturated heterocycles. The van der Waals surface area contributed by atoms with Crippen molar-refractivity contribution in [2.45, 2.75) is 84.1 Å². The van der Waals surface area contributed by atoms with E-state index in [-0.39, 0.29) is 0 Å². The van der Waals surface area contributed by atoms with Crippen molar-refractivity contribution < 1.29 is 4.79 Å². The lowest BCUT2D eigenvalue weighted by Crippen LogP contribution is -2.61. The zero-order valence-electron chi connectivity index (χ0n) is 20.7. The van der Waals surface area contributed by atoms with Gasteiger partial charge in [-0.3, -0.25) is 4.79 Å². The number of allylic oxidation sites excluding steroid dienone is 4. The van der Waals surface area contributed by atoms with Crippen LogP contribution in [0.25, 0.3) is 15.8 Å². The Morgan fingerprint density at radius 1 is 1.27 bits per heavy atom. The molecule has 2 fully saturated rings. The summed E-state index contributed by atoms with van der Waals surface area (Å²) >= 11 is 1.75. The van der Waals surface area contributed by atoms with E-state index in [1.807, 2.05) is 0 Å². The Labute approximate surface area is 202 Å². The predicted molar refractivity (Wildman–Crippen MR) is 140 cm³/mol. The smallest absolute Gasteiger partial charge is 0.233 e. The Bertz CT molecular complexity index is 1120. The van der Waals surface area contributed by atoms with Crippen molar-refractivity contribution in [3.05, 3.63) is 39.9 Å². The van der Waals surface area contributed by atoms with E-state index >= 15 is 0 Å². The number of likely N-dealkylation sites (tertiary alicyclic amines) is 1. The fourth-order valence-corrected chi connectivity index (χ4v) is 7.51. The van der Waals surface area contributed by atoms with Crippen molar-refractivity contribution in [1.82, 2.24) is 9.88 Å². The highest BCUT2D eigenvalue weighted by Crippen LogP contribution is 2.43. The minimum Gasteiger partial charge on any atom is -0.346 e. The summed E-state index contributed by atoms with van der Waals surface area (Å²) in [7, 11) is 0. The average molecular weight is 466 g/mol. The number of nitrogens with two attached hydrogens (primary N) is 1. The minimum absolute atomic E-state index is 0.303. The lowest BCUT2D eigenvalue weighted by atomic mass is 9.80. The number of hydrogen-bond acceptors (Lipinski definition) is 3. The number of aromatic nitrogens is 1. The standard InChI is InChI=1S/C28H39N3OS/c1-17-12-18(2)14-20(13-17)25-21(10-11-29)22-15-24(33-26(22)30-25)28(3,4)27(32)31-16-19-8-6-5-7-9-23(19)31/h13-15,17,19,23,30H,5-12,16,29H2,1-4H3. The van der Waals surface area contributed by atoms with Crippen LogP contribution in [0.4, 0.5) is 0 Å². The number of rotatable bonds is 5. The molecule has 1 saturated carbocycles. The molecule has 178 valence electrons. The fraction of sp³-hybridized carbons (Fsp3) is 0.607. The molecular formula is C28H39N3OS. The van der Waals surface area contributed by atoms with Gasteiger partial charge in [-0.25, -0.2) is 0 Å². The van der Waals surface area contributed by atoms with Gasteiger partial charge in [0, 0.05) is 22.8 Å². The molecule has 0 radical (unpaired) electrons. The zero-order valence-corrected chi connectivity index (χ0v) is 21.5. The Morgan fingerprint density at radius 3 is 2.82 bits per heavy atom. The van der Waals surface area contributed by atoms with Gasteiger partial charge in [0.15, 0.2) is 0 Å². The van der Waals surface area contributed by atoms with E-state index < -0.39 is 5.41 Å². The van der Waals surface area contributed by atoms with E-state index in [4.69, 9.17) is 5.73 Å². The van der Waals surface area contributed by atoms with Gasteiger partial charge in [0.05, 0.1) is 11.1 Å². The molecule has 0 bridgehead atoms. The first kappa shape index (κ1) is 22.9. The summed E-state index contributed by atoms with van der Waals surface area (Å²) in [6.45, 7) is 10.3. The number of carbonyl (C=O) groups is 1. The molecule has 2 aliphatic carbocycles. The second-order valence-electron chi connectivity index (χ2n) is 11.2. The van der Waals surface area contributed by atoms with Crippen molar-refractivity contribution in [3.63, 3.8) is 0 Å². The van der Waals surface area contributed by atoms with Crippen LogP contribution in [0.1, 0.15) is 82.4 Å². The number of hydrogen-bond donors (Lipinski definition) is 2. The molecule has 5 rings (SSSR count). The highest BCUT2D eigenvalue weighted by Gasteiger charge is 2.47. The normalized spacial score (nSPS) is 25.8. The third kappa shape index (κ3) is 4.01. The number of nitrogens with zero attached hydrogens (tertiary/aromatic N) is 1. The summed E-state index contributed by atoms with van der Waals surface area (Å²) in [6.07, 6.45) is 13.1. The largest absolute Gasteiger partial charge is 0.346 e. The topological polar surface area (TPSA) is 62.1 Å². The van der Waals surface area contributed by atoms with E-state index in [2.05, 4.69) is 55.8 Å². The molecule has 3 aliphatic rings. The van der Waals surface area contributed by atoms with Gasteiger partial charge in [0.2, 0.25) is 5.91 Å². The molecule has 3 unspecified atom stereocenters. The Morgan fingerprint density at radius 2 is 2.06 bits per heavy atom. The number of nitrogens with one attached hydrogen (secondary N) is 1. The van der Waals surface area contributed by atoms with Crippen molar-refractivity contribution >= 4 is 33.0 Å². The molecule has 2 aromatic heterocycles. The van der Waals surface area contributed by atoms with Crippen LogP contribution in [0.15, 0.2) is 23.8 Å². The molecule has 3 atom stereocenters. The van der Waals surface area contributed by atoms with Gasteiger partial charge in [-0.05, 0) is 82.0 Å². The first-order valence-electron chi connectivity index (χ1n) is 12.8. The summed E-state index contributed by atoms with van der Waals surface area (Å²) in [5, 5.41) is 1.25. The average Bonchev–Trinajstić information content (AvgIpc) is 3.25. The van der Waals surface area contributed by atoms with E-state index in [9.17, 15) is 4.79 Å².